The molecule has 3 rings (SSSR count). The van der Waals surface area contributed by atoms with Gasteiger partial charge in [-0.1, -0.05) is 38.7 Å². The summed E-state index contributed by atoms with van der Waals surface area (Å²) >= 11 is 0. The molecule has 1 aromatic rings. The lowest BCUT2D eigenvalue weighted by molar-refractivity contribution is -0.135. The summed E-state index contributed by atoms with van der Waals surface area (Å²) in [7, 11) is 0. The van der Waals surface area contributed by atoms with E-state index in [4.69, 9.17) is 9.47 Å². The highest BCUT2D eigenvalue weighted by Gasteiger charge is 2.49. The van der Waals surface area contributed by atoms with Gasteiger partial charge in [0.2, 0.25) is 5.91 Å². The zero-order valence-electron chi connectivity index (χ0n) is 18.0. The molecule has 2 N–H and O–H groups in total. The second kappa shape index (κ2) is 9.36. The summed E-state index contributed by atoms with van der Waals surface area (Å²) in [6.07, 6.45) is 5.40. The molecule has 2 aliphatic rings. The Balaban J connectivity index is 1.62. The van der Waals surface area contributed by atoms with E-state index in [1.54, 1.807) is 25.1 Å². The molecule has 0 spiro atoms. The smallest absolute Gasteiger partial charge is 0.325 e. The highest BCUT2D eigenvalue weighted by Crippen LogP contribution is 2.36. The summed E-state index contributed by atoms with van der Waals surface area (Å²) in [5.74, 6) is 0.340. The van der Waals surface area contributed by atoms with Gasteiger partial charge in [-0.2, -0.15) is 0 Å². The van der Waals surface area contributed by atoms with Gasteiger partial charge < -0.3 is 20.1 Å². The summed E-state index contributed by atoms with van der Waals surface area (Å²) in [6.45, 7) is 6.32. The van der Waals surface area contributed by atoms with Crippen molar-refractivity contribution in [1.29, 1.82) is 0 Å². The van der Waals surface area contributed by atoms with Gasteiger partial charge in [0.05, 0.1) is 0 Å². The average Bonchev–Trinajstić information content (AvgIpc) is 2.94. The number of nitrogens with zero attached hydrogens (tertiary/aromatic N) is 1. The topological polar surface area (TPSA) is 97.0 Å². The van der Waals surface area contributed by atoms with Crippen molar-refractivity contribution in [2.45, 2.75) is 64.5 Å². The van der Waals surface area contributed by atoms with E-state index in [9.17, 15) is 14.4 Å². The summed E-state index contributed by atoms with van der Waals surface area (Å²) in [6, 6.07) is 4.58. The van der Waals surface area contributed by atoms with Gasteiger partial charge in [0.25, 0.3) is 5.91 Å². The number of imide groups is 1. The van der Waals surface area contributed by atoms with E-state index in [1.807, 2.05) is 6.92 Å². The van der Waals surface area contributed by atoms with Crippen LogP contribution in [-0.2, 0) is 15.1 Å². The van der Waals surface area contributed by atoms with Crippen molar-refractivity contribution >= 4 is 17.8 Å². The van der Waals surface area contributed by atoms with Gasteiger partial charge in [0.15, 0.2) is 11.5 Å². The summed E-state index contributed by atoms with van der Waals surface area (Å²) in [5.41, 5.74) is -0.684. The van der Waals surface area contributed by atoms with Gasteiger partial charge in [0.1, 0.15) is 25.3 Å². The van der Waals surface area contributed by atoms with Gasteiger partial charge >= 0.3 is 6.03 Å². The molecule has 0 aliphatic carbocycles. The van der Waals surface area contributed by atoms with Gasteiger partial charge in [-0.05, 0) is 38.0 Å². The molecular formula is C22H31N3O5. The number of rotatable bonds is 9. The van der Waals surface area contributed by atoms with Crippen molar-refractivity contribution in [3.05, 3.63) is 23.8 Å². The van der Waals surface area contributed by atoms with Crippen LogP contribution in [0.1, 0.15) is 58.4 Å². The van der Waals surface area contributed by atoms with Crippen LogP contribution in [0.3, 0.4) is 0 Å². The lowest BCUT2D eigenvalue weighted by Crippen LogP contribution is -2.45. The zero-order valence-corrected chi connectivity index (χ0v) is 18.0. The number of benzene rings is 1. The summed E-state index contributed by atoms with van der Waals surface area (Å²) < 4.78 is 11.1. The predicted molar refractivity (Wildman–Crippen MR) is 111 cm³/mol. The predicted octanol–water partition coefficient (Wildman–Crippen LogP) is 2.70. The fraction of sp³-hybridized carbons (Fsp3) is 0.591. The van der Waals surface area contributed by atoms with Crippen molar-refractivity contribution in [2.24, 2.45) is 0 Å². The number of unbranched alkanes of at least 4 members (excludes halogenated alkanes) is 3. The molecule has 0 unspecified atom stereocenters. The van der Waals surface area contributed by atoms with Crippen LogP contribution >= 0.6 is 0 Å². The molecule has 1 aromatic carbocycles. The highest BCUT2D eigenvalue weighted by atomic mass is 16.6. The molecule has 1 fully saturated rings. The zero-order chi connectivity index (χ0) is 21.7. The van der Waals surface area contributed by atoms with Crippen molar-refractivity contribution in [3.8, 4) is 11.5 Å². The third kappa shape index (κ3) is 4.68. The van der Waals surface area contributed by atoms with Crippen LogP contribution in [0.25, 0.3) is 0 Å². The Hall–Kier alpha value is -2.77. The standard InChI is InChI=1S/C22H31N3O5/c1-4-5-6-7-8-15(2)23-19(26)14-25-20(27)22(3,24-21(25)28)16-9-10-17-18(13-16)30-12-11-29-17/h9-10,13,15H,4-8,11-12,14H2,1-3H3,(H,23,26)(H,24,28)/t15-,22+/m0/s1. The largest absolute Gasteiger partial charge is 0.486 e. The van der Waals surface area contributed by atoms with Gasteiger partial charge in [-0.3, -0.25) is 14.5 Å². The second-order valence-corrected chi connectivity index (χ2v) is 8.12. The van der Waals surface area contributed by atoms with Crippen LogP contribution in [-0.4, -0.2) is 48.5 Å². The number of carbonyl (C=O) groups excluding carboxylic acids is 3. The maximum absolute atomic E-state index is 13.1. The Morgan fingerprint density at radius 2 is 1.93 bits per heavy atom. The molecule has 1 saturated heterocycles. The first-order valence-electron chi connectivity index (χ1n) is 10.7. The van der Waals surface area contributed by atoms with Crippen LogP contribution in [0, 0.1) is 0 Å². The van der Waals surface area contributed by atoms with Gasteiger partial charge in [0, 0.05) is 6.04 Å². The number of urea groups is 1. The van der Waals surface area contributed by atoms with Crippen molar-refractivity contribution in [2.75, 3.05) is 19.8 Å². The van der Waals surface area contributed by atoms with Crippen LogP contribution in [0.2, 0.25) is 0 Å². The number of carbonyl (C=O) groups is 3. The summed E-state index contributed by atoms with van der Waals surface area (Å²) in [5, 5.41) is 5.60. The first kappa shape index (κ1) is 21.9. The lowest BCUT2D eigenvalue weighted by Gasteiger charge is -2.25. The molecule has 2 aliphatic heterocycles. The Bertz CT molecular complexity index is 812. The Morgan fingerprint density at radius 1 is 1.20 bits per heavy atom. The van der Waals surface area contributed by atoms with Crippen molar-refractivity contribution in [1.82, 2.24) is 15.5 Å². The number of hydrogen-bond acceptors (Lipinski definition) is 5. The van der Waals surface area contributed by atoms with E-state index in [1.165, 1.54) is 6.42 Å². The minimum absolute atomic E-state index is 0.000647. The summed E-state index contributed by atoms with van der Waals surface area (Å²) in [4.78, 5) is 38.9. The molecule has 164 valence electrons. The molecule has 8 heteroatoms. The molecule has 8 nitrogen and oxygen atoms in total. The third-order valence-electron chi connectivity index (χ3n) is 5.59. The van der Waals surface area contributed by atoms with E-state index in [0.29, 0.717) is 30.3 Å². The fourth-order valence-corrected chi connectivity index (χ4v) is 3.80. The number of ether oxygens (including phenoxy) is 2. The SMILES string of the molecule is CCCCCC[C@H](C)NC(=O)CN1C(=O)N[C@](C)(c2ccc3c(c2)OCCO3)C1=O. The van der Waals surface area contributed by atoms with Gasteiger partial charge in [-0.25, -0.2) is 4.79 Å². The number of nitrogens with one attached hydrogen (secondary N) is 2. The molecule has 0 saturated carbocycles. The van der Waals surface area contributed by atoms with E-state index in [-0.39, 0.29) is 18.5 Å². The molecule has 0 radical (unpaired) electrons. The quantitative estimate of drug-likeness (QED) is 0.476. The third-order valence-corrected chi connectivity index (χ3v) is 5.59. The van der Waals surface area contributed by atoms with E-state index < -0.39 is 17.5 Å². The van der Waals surface area contributed by atoms with Crippen LogP contribution < -0.4 is 20.1 Å². The van der Waals surface area contributed by atoms with Crippen LogP contribution in [0.5, 0.6) is 11.5 Å². The van der Waals surface area contributed by atoms with Crippen LogP contribution in [0.15, 0.2) is 18.2 Å². The molecule has 0 bridgehead atoms. The van der Waals surface area contributed by atoms with Crippen molar-refractivity contribution in [3.63, 3.8) is 0 Å². The van der Waals surface area contributed by atoms with E-state index in [2.05, 4.69) is 17.6 Å². The first-order valence-corrected chi connectivity index (χ1v) is 10.7. The average molecular weight is 418 g/mol. The molecule has 4 amide bonds. The Kier molecular flexibility index (Phi) is 6.84. The van der Waals surface area contributed by atoms with Crippen LogP contribution in [0.4, 0.5) is 4.79 Å². The molecule has 30 heavy (non-hydrogen) atoms. The van der Waals surface area contributed by atoms with E-state index in [0.717, 1.165) is 30.6 Å². The Labute approximate surface area is 177 Å². The minimum Gasteiger partial charge on any atom is -0.486 e. The minimum atomic E-state index is -1.26. The highest BCUT2D eigenvalue weighted by molar-refractivity contribution is 6.09. The van der Waals surface area contributed by atoms with Gasteiger partial charge in [-0.15, -0.1) is 0 Å². The monoisotopic (exact) mass is 417 g/mol. The normalized spacial score (nSPS) is 21.4. The lowest BCUT2D eigenvalue weighted by atomic mass is 9.91. The fourth-order valence-electron chi connectivity index (χ4n) is 3.80. The second-order valence-electron chi connectivity index (χ2n) is 8.12. The maximum atomic E-state index is 13.1. The van der Waals surface area contributed by atoms with Crippen molar-refractivity contribution < 1.29 is 23.9 Å². The number of hydrogen-bond donors (Lipinski definition) is 2. The number of amides is 4. The molecule has 2 heterocycles. The molecule has 2 atom stereocenters. The molecule has 0 aromatic heterocycles. The molecular weight excluding hydrogens is 386 g/mol. The Morgan fingerprint density at radius 3 is 2.67 bits per heavy atom. The first-order chi connectivity index (χ1) is 14.3. The maximum Gasteiger partial charge on any atom is 0.325 e. The number of fused-ring (bicyclic) bond motifs is 1. The van der Waals surface area contributed by atoms with E-state index >= 15 is 0 Å².